The second kappa shape index (κ2) is 6.13. The quantitative estimate of drug-likeness (QED) is 0.608. The summed E-state index contributed by atoms with van der Waals surface area (Å²) in [6.45, 7) is 6.49. The second-order valence-electron chi connectivity index (χ2n) is 3.63. The van der Waals surface area contributed by atoms with E-state index in [1.54, 1.807) is 0 Å². The van der Waals surface area contributed by atoms with Crippen molar-refractivity contribution >= 4 is 27.8 Å². The topological polar surface area (TPSA) is 0 Å². The molecule has 0 aliphatic carbocycles. The van der Waals surface area contributed by atoms with Crippen molar-refractivity contribution in [1.29, 1.82) is 0 Å². The molecule has 0 fully saturated rings. The van der Waals surface area contributed by atoms with Gasteiger partial charge in [0, 0.05) is 0 Å². The third kappa shape index (κ3) is 3.38. The molecule has 2 aromatic carbocycles. The zero-order valence-corrected chi connectivity index (χ0v) is 13.0. The number of aryl methyl sites for hydroxylation is 3. The van der Waals surface area contributed by atoms with Crippen LogP contribution in [0.4, 0.5) is 0 Å². The van der Waals surface area contributed by atoms with Gasteiger partial charge in [0.15, 0.2) is 0 Å². The molecule has 0 unspecified atom stereocenters. The first-order valence-corrected chi connectivity index (χ1v) is 11.0. The maximum atomic E-state index is 4.93. The minimum atomic E-state index is -0.826. The van der Waals surface area contributed by atoms with Crippen molar-refractivity contribution in [3.63, 3.8) is 0 Å². The molecule has 0 aliphatic heterocycles. The summed E-state index contributed by atoms with van der Waals surface area (Å²) < 4.78 is 0. The summed E-state index contributed by atoms with van der Waals surface area (Å²) in [6, 6.07) is 8.91. The number of hydrogen-bond acceptors (Lipinski definition) is 0. The van der Waals surface area contributed by atoms with E-state index >= 15 is 0 Å². The molecule has 0 atom stereocenters. The molecule has 0 saturated carbocycles. The fourth-order valence-electron chi connectivity index (χ4n) is 1.73. The van der Waals surface area contributed by atoms with Gasteiger partial charge >= 0.3 is 37.9 Å². The van der Waals surface area contributed by atoms with Crippen LogP contribution in [0.1, 0.15) is 16.7 Å². The Bertz CT molecular complexity index is 407. The van der Waals surface area contributed by atoms with Crippen LogP contribution in [0.15, 0.2) is 24.3 Å². The fourth-order valence-corrected chi connectivity index (χ4v) is 1.73. The zero-order valence-electron chi connectivity index (χ0n) is 9.07. The number of rotatable bonds is 0. The minimum absolute atomic E-state index is 0.826. The van der Waals surface area contributed by atoms with Gasteiger partial charge in [-0.1, -0.05) is 25.5 Å². The van der Waals surface area contributed by atoms with Crippen LogP contribution in [0.3, 0.4) is 0 Å². The zero-order chi connectivity index (χ0) is 11.4. The summed E-state index contributed by atoms with van der Waals surface area (Å²) in [4.78, 5) is 0. The van der Waals surface area contributed by atoms with Gasteiger partial charge in [-0.15, -0.1) is 34.0 Å². The molecule has 3 heteroatoms. The van der Waals surface area contributed by atoms with Crippen molar-refractivity contribution in [3.05, 3.63) is 41.0 Å². The van der Waals surface area contributed by atoms with Gasteiger partial charge in [0.05, 0.1) is 0 Å². The van der Waals surface area contributed by atoms with Gasteiger partial charge < -0.3 is 0 Å². The van der Waals surface area contributed by atoms with Crippen LogP contribution >= 0.6 is 17.0 Å². The van der Waals surface area contributed by atoms with Crippen molar-refractivity contribution < 1.29 is 20.8 Å². The van der Waals surface area contributed by atoms with Gasteiger partial charge in [-0.3, -0.25) is 0 Å². The molecule has 0 radical (unpaired) electrons. The van der Waals surface area contributed by atoms with Crippen LogP contribution in [-0.4, -0.2) is 0 Å². The molecule has 0 aromatic heterocycles. The molecular weight excluding hydrogens is 306 g/mol. The number of benzene rings is 1. The summed E-state index contributed by atoms with van der Waals surface area (Å²) in [6.07, 6.45) is 0. The molecule has 0 saturated heterocycles. The summed E-state index contributed by atoms with van der Waals surface area (Å²) in [5, 5.41) is 2.82. The molecule has 0 heterocycles. The average Bonchev–Trinajstić information content (AvgIpc) is 2.56. The Morgan fingerprint density at radius 1 is 1.07 bits per heavy atom. The van der Waals surface area contributed by atoms with Crippen LogP contribution < -0.4 is 0 Å². The van der Waals surface area contributed by atoms with Crippen molar-refractivity contribution in [2.45, 2.75) is 20.8 Å². The molecule has 0 N–H and O–H groups in total. The second-order valence-corrected chi connectivity index (χ2v) is 7.36. The van der Waals surface area contributed by atoms with E-state index < -0.39 is 20.8 Å². The summed E-state index contributed by atoms with van der Waals surface area (Å²) in [5.41, 5.74) is 4.12. The Morgan fingerprint density at radius 2 is 1.60 bits per heavy atom. The molecule has 0 nitrogen and oxygen atoms in total. The molecule has 2 rings (SSSR count). The van der Waals surface area contributed by atoms with E-state index in [-0.39, 0.29) is 0 Å². The predicted molar refractivity (Wildman–Crippen MR) is 65.5 cm³/mol. The molecule has 0 aliphatic rings. The Balaban J connectivity index is 0.000000337. The number of halogens is 2. The van der Waals surface area contributed by atoms with Crippen molar-refractivity contribution in [2.75, 3.05) is 0 Å². The molecular formula is C12H13Cl2Zr-. The van der Waals surface area contributed by atoms with Gasteiger partial charge in [0.2, 0.25) is 0 Å². The molecule has 0 bridgehead atoms. The first-order chi connectivity index (χ1) is 7.10. The van der Waals surface area contributed by atoms with Crippen LogP contribution in [0, 0.1) is 20.8 Å². The van der Waals surface area contributed by atoms with E-state index in [1.165, 1.54) is 27.5 Å². The van der Waals surface area contributed by atoms with Crippen molar-refractivity contribution in [1.82, 2.24) is 0 Å². The molecule has 15 heavy (non-hydrogen) atoms. The summed E-state index contributed by atoms with van der Waals surface area (Å²) >= 11 is -0.826. The third-order valence-corrected chi connectivity index (χ3v) is 2.47. The van der Waals surface area contributed by atoms with E-state index in [4.69, 9.17) is 17.0 Å². The van der Waals surface area contributed by atoms with E-state index in [1.807, 2.05) is 0 Å². The van der Waals surface area contributed by atoms with Crippen LogP contribution in [-0.2, 0) is 20.8 Å². The fraction of sp³-hybridized carbons (Fsp3) is 0.250. The van der Waals surface area contributed by atoms with Crippen LogP contribution in [0.5, 0.6) is 0 Å². The Labute approximate surface area is 110 Å². The molecule has 0 amide bonds. The summed E-state index contributed by atoms with van der Waals surface area (Å²) in [7, 11) is 9.87. The van der Waals surface area contributed by atoms with E-state index in [0.29, 0.717) is 0 Å². The van der Waals surface area contributed by atoms with Gasteiger partial charge in [0.1, 0.15) is 0 Å². The van der Waals surface area contributed by atoms with Gasteiger partial charge in [-0.25, -0.2) is 0 Å². The Hall–Kier alpha value is 0.293. The van der Waals surface area contributed by atoms with Gasteiger partial charge in [-0.05, 0) is 6.92 Å². The van der Waals surface area contributed by atoms with Crippen LogP contribution in [0.2, 0.25) is 0 Å². The van der Waals surface area contributed by atoms with E-state index in [0.717, 1.165) is 0 Å². The van der Waals surface area contributed by atoms with E-state index in [2.05, 4.69) is 45.0 Å². The first-order valence-electron chi connectivity index (χ1n) is 4.69. The summed E-state index contributed by atoms with van der Waals surface area (Å²) in [5.74, 6) is 0. The van der Waals surface area contributed by atoms with E-state index in [9.17, 15) is 0 Å². The predicted octanol–water partition coefficient (Wildman–Crippen LogP) is 4.86. The molecule has 2 aromatic rings. The third-order valence-electron chi connectivity index (χ3n) is 2.47. The van der Waals surface area contributed by atoms with Gasteiger partial charge in [0.25, 0.3) is 0 Å². The Kier molecular flexibility index (Phi) is 5.46. The normalized spacial score (nSPS) is 9.67. The first kappa shape index (κ1) is 13.4. The number of fused-ring (bicyclic) bond motifs is 1. The standard InChI is InChI=1S/C12H13.2ClH.Zr/c1-8-6-11-9(2)4-5-10(3)12(11)7-8;;;/h4-7H,1-3H3;2*1H;/q-1;;;+2/p-2. The van der Waals surface area contributed by atoms with Gasteiger partial charge in [-0.2, -0.15) is 6.07 Å². The Morgan fingerprint density at radius 3 is 2.13 bits per heavy atom. The average molecular weight is 319 g/mol. The number of hydrogen-bond donors (Lipinski definition) is 0. The van der Waals surface area contributed by atoms with Crippen molar-refractivity contribution in [3.8, 4) is 0 Å². The SMILES string of the molecule is Cc1cc2c(C)ccc(C)c2[cH-]1.[Cl][Zr][Cl]. The van der Waals surface area contributed by atoms with Crippen LogP contribution in [0.25, 0.3) is 10.8 Å². The maximum absolute atomic E-state index is 4.93. The molecule has 0 spiro atoms. The monoisotopic (exact) mass is 317 g/mol. The van der Waals surface area contributed by atoms with Crippen molar-refractivity contribution in [2.24, 2.45) is 0 Å². The molecule has 80 valence electrons.